The normalized spacial score (nSPS) is 21.7. The van der Waals surface area contributed by atoms with E-state index in [0.29, 0.717) is 16.9 Å². The quantitative estimate of drug-likeness (QED) is 0.355. The van der Waals surface area contributed by atoms with Crippen molar-refractivity contribution in [2.45, 2.75) is 50.4 Å². The number of carbonyl (C=O) groups excluding carboxylic acids is 1. The van der Waals surface area contributed by atoms with Crippen LogP contribution in [0.3, 0.4) is 0 Å². The Morgan fingerprint density at radius 2 is 1.91 bits per heavy atom. The largest absolute Gasteiger partial charge is 0.483 e. The molecule has 1 heterocycles. The fraction of sp³-hybridized carbons (Fsp3) is 0.444. The van der Waals surface area contributed by atoms with Gasteiger partial charge in [-0.2, -0.15) is 0 Å². The molecule has 2 saturated carbocycles. The zero-order valence-corrected chi connectivity index (χ0v) is 21.0. The fourth-order valence-electron chi connectivity index (χ4n) is 5.71. The van der Waals surface area contributed by atoms with Crippen LogP contribution in [0.1, 0.15) is 44.5 Å². The van der Waals surface area contributed by atoms with Crippen LogP contribution in [-0.4, -0.2) is 33.5 Å². The van der Waals surface area contributed by atoms with E-state index in [0.717, 1.165) is 17.5 Å². The van der Waals surface area contributed by atoms with E-state index < -0.39 is 5.82 Å². The molecule has 0 saturated heterocycles. The number of amides is 1. The van der Waals surface area contributed by atoms with E-state index >= 15 is 0 Å². The number of nitrogens with zero attached hydrogens (tertiary/aromatic N) is 4. The first-order chi connectivity index (χ1) is 17.0. The van der Waals surface area contributed by atoms with Crippen molar-refractivity contribution in [2.24, 2.45) is 17.8 Å². The summed E-state index contributed by atoms with van der Waals surface area (Å²) in [6.45, 7) is 2.35. The highest BCUT2D eigenvalue weighted by atomic mass is 32.2. The number of carbonyl (C=O) groups is 1. The fourth-order valence-corrected chi connectivity index (χ4v) is 6.67. The van der Waals surface area contributed by atoms with Crippen LogP contribution < -0.4 is 9.64 Å². The van der Waals surface area contributed by atoms with Crippen molar-refractivity contribution in [3.05, 3.63) is 66.2 Å². The number of halogens is 1. The van der Waals surface area contributed by atoms with E-state index in [4.69, 9.17) is 4.74 Å². The Kier molecular flexibility index (Phi) is 7.09. The number of fused-ring (bicyclic) bond motifs is 2. The Balaban J connectivity index is 1.34. The molecule has 1 amide bonds. The van der Waals surface area contributed by atoms with E-state index in [2.05, 4.69) is 21.7 Å². The minimum absolute atomic E-state index is 0.00696. The highest BCUT2D eigenvalue weighted by Gasteiger charge is 2.43. The first-order valence-corrected chi connectivity index (χ1v) is 13.3. The highest BCUT2D eigenvalue weighted by Crippen LogP contribution is 2.52. The van der Waals surface area contributed by atoms with Gasteiger partial charge in [0, 0.05) is 18.8 Å². The number of hydrogen-bond acceptors (Lipinski definition) is 5. The van der Waals surface area contributed by atoms with Gasteiger partial charge in [0.25, 0.3) is 0 Å². The summed E-state index contributed by atoms with van der Waals surface area (Å²) >= 11 is 1.40. The predicted octanol–water partition coefficient (Wildman–Crippen LogP) is 5.75. The lowest BCUT2D eigenvalue weighted by Gasteiger charge is -2.30. The van der Waals surface area contributed by atoms with Gasteiger partial charge in [0.05, 0.1) is 5.75 Å². The topological polar surface area (TPSA) is 60.2 Å². The summed E-state index contributed by atoms with van der Waals surface area (Å²) in [5.41, 5.74) is 0.855. The second kappa shape index (κ2) is 10.4. The van der Waals surface area contributed by atoms with Crippen LogP contribution in [-0.2, 0) is 11.4 Å². The van der Waals surface area contributed by atoms with E-state index in [9.17, 15) is 9.18 Å². The van der Waals surface area contributed by atoms with Gasteiger partial charge in [0.1, 0.15) is 6.61 Å². The molecule has 8 heteroatoms. The molecule has 2 aliphatic rings. The second-order valence-corrected chi connectivity index (χ2v) is 10.6. The Morgan fingerprint density at radius 3 is 2.63 bits per heavy atom. The molecular weight excluding hydrogens is 463 g/mol. The Labute approximate surface area is 209 Å². The molecule has 2 aliphatic carbocycles. The summed E-state index contributed by atoms with van der Waals surface area (Å²) in [7, 11) is 1.79. The zero-order chi connectivity index (χ0) is 24.4. The van der Waals surface area contributed by atoms with Crippen molar-refractivity contribution >= 4 is 23.4 Å². The smallest absolute Gasteiger partial charge is 0.237 e. The first-order valence-electron chi connectivity index (χ1n) is 12.3. The van der Waals surface area contributed by atoms with Crippen LogP contribution >= 0.6 is 11.8 Å². The monoisotopic (exact) mass is 494 g/mol. The molecule has 2 bridgehead atoms. The molecule has 0 radical (unpaired) electrons. The van der Waals surface area contributed by atoms with Gasteiger partial charge in [-0.25, -0.2) is 4.39 Å². The molecule has 0 spiro atoms. The summed E-state index contributed by atoms with van der Waals surface area (Å²) in [5.74, 6) is 2.80. The van der Waals surface area contributed by atoms with Gasteiger partial charge in [-0.1, -0.05) is 48.5 Å². The van der Waals surface area contributed by atoms with Gasteiger partial charge >= 0.3 is 0 Å². The molecule has 5 rings (SSSR count). The average Bonchev–Trinajstić information content (AvgIpc) is 3.62. The Morgan fingerprint density at radius 1 is 1.14 bits per heavy atom. The lowest BCUT2D eigenvalue weighted by molar-refractivity contribution is -0.115. The third kappa shape index (κ3) is 5.08. The maximum atomic E-state index is 14.1. The number of thioether (sulfide) groups is 1. The summed E-state index contributed by atoms with van der Waals surface area (Å²) in [6.07, 6.45) is 5.14. The van der Waals surface area contributed by atoms with E-state index in [1.54, 1.807) is 30.1 Å². The van der Waals surface area contributed by atoms with Crippen LogP contribution in [0.25, 0.3) is 0 Å². The minimum atomic E-state index is -0.399. The molecule has 0 N–H and O–H groups in total. The van der Waals surface area contributed by atoms with Crippen molar-refractivity contribution in [1.82, 2.24) is 14.8 Å². The van der Waals surface area contributed by atoms with E-state index in [-0.39, 0.29) is 30.1 Å². The number of para-hydroxylation sites is 2. The molecule has 2 aromatic carbocycles. The molecule has 2 fully saturated rings. The number of hydrogen-bond donors (Lipinski definition) is 0. The van der Waals surface area contributed by atoms with Crippen LogP contribution in [0.2, 0.25) is 0 Å². The Hall–Kier alpha value is -2.87. The van der Waals surface area contributed by atoms with Gasteiger partial charge in [-0.15, -0.1) is 10.2 Å². The van der Waals surface area contributed by atoms with E-state index in [1.807, 2.05) is 30.3 Å². The number of anilines is 1. The minimum Gasteiger partial charge on any atom is -0.483 e. The predicted molar refractivity (Wildman–Crippen MR) is 135 cm³/mol. The molecule has 1 aromatic heterocycles. The first kappa shape index (κ1) is 23.9. The molecule has 4 atom stereocenters. The van der Waals surface area contributed by atoms with Crippen molar-refractivity contribution < 1.29 is 13.9 Å². The molecule has 4 unspecified atom stereocenters. The average molecular weight is 495 g/mol. The molecule has 0 aliphatic heterocycles. The summed E-state index contributed by atoms with van der Waals surface area (Å²) in [6, 6.07) is 16.2. The number of benzene rings is 2. The van der Waals surface area contributed by atoms with Gasteiger partial charge in [-0.3, -0.25) is 9.36 Å². The standard InChI is InChI=1S/C27H31FN4O2S/c1-18(22-15-19-12-13-20(22)14-19)32-25(16-34-24-11-7-6-10-23(24)28)29-30-27(32)35-17-26(33)31(2)21-8-4-3-5-9-21/h3-11,18-20,22H,12-17H2,1-2H3. The number of ether oxygens (including phenoxy) is 1. The third-order valence-electron chi connectivity index (χ3n) is 7.59. The van der Waals surface area contributed by atoms with Crippen molar-refractivity contribution in [2.75, 3.05) is 17.7 Å². The van der Waals surface area contributed by atoms with Crippen molar-refractivity contribution in [3.63, 3.8) is 0 Å². The van der Waals surface area contributed by atoms with Crippen molar-refractivity contribution in [3.8, 4) is 5.75 Å². The van der Waals surface area contributed by atoms with Gasteiger partial charge in [-0.05, 0) is 68.2 Å². The highest BCUT2D eigenvalue weighted by molar-refractivity contribution is 7.99. The Bertz CT molecular complexity index is 1170. The van der Waals surface area contributed by atoms with Crippen LogP contribution in [0.5, 0.6) is 5.75 Å². The lowest BCUT2D eigenvalue weighted by Crippen LogP contribution is -2.28. The van der Waals surface area contributed by atoms with Gasteiger partial charge in [0.15, 0.2) is 22.5 Å². The van der Waals surface area contributed by atoms with Crippen LogP contribution in [0, 0.1) is 23.6 Å². The summed E-state index contributed by atoms with van der Waals surface area (Å²) in [5, 5.41) is 9.57. The summed E-state index contributed by atoms with van der Waals surface area (Å²) in [4.78, 5) is 14.6. The number of rotatable bonds is 9. The molecular formula is C27H31FN4O2S. The second-order valence-electron chi connectivity index (χ2n) is 9.64. The maximum absolute atomic E-state index is 14.1. The SMILES string of the molecule is CC(C1CC2CCC1C2)n1c(COc2ccccc2F)nnc1SCC(=O)N(C)c1ccccc1. The maximum Gasteiger partial charge on any atom is 0.237 e. The van der Waals surface area contributed by atoms with Crippen LogP contribution in [0.4, 0.5) is 10.1 Å². The third-order valence-corrected chi connectivity index (χ3v) is 8.52. The van der Waals surface area contributed by atoms with Crippen LogP contribution in [0.15, 0.2) is 59.8 Å². The van der Waals surface area contributed by atoms with Crippen molar-refractivity contribution in [1.29, 1.82) is 0 Å². The lowest BCUT2D eigenvalue weighted by atomic mass is 9.84. The number of aromatic nitrogens is 3. The van der Waals surface area contributed by atoms with Gasteiger partial charge < -0.3 is 9.64 Å². The molecule has 6 nitrogen and oxygen atoms in total. The molecule has 3 aromatic rings. The summed E-state index contributed by atoms with van der Waals surface area (Å²) < 4.78 is 22.0. The van der Waals surface area contributed by atoms with Gasteiger partial charge in [0.2, 0.25) is 5.91 Å². The molecule has 35 heavy (non-hydrogen) atoms. The molecule has 184 valence electrons. The zero-order valence-electron chi connectivity index (χ0n) is 20.1. The van der Waals surface area contributed by atoms with E-state index in [1.165, 1.54) is 43.5 Å².